The highest BCUT2D eigenvalue weighted by atomic mass is 16.1. The molecule has 0 saturated carbocycles. The highest BCUT2D eigenvalue weighted by Crippen LogP contribution is 2.52. The zero-order chi connectivity index (χ0) is 21.1. The zero-order valence-electron chi connectivity index (χ0n) is 18.6. The van der Waals surface area contributed by atoms with Crippen molar-refractivity contribution in [1.29, 1.82) is 0 Å². The monoisotopic (exact) mass is 409 g/mol. The van der Waals surface area contributed by atoms with Crippen molar-refractivity contribution in [3.8, 4) is 0 Å². The molecule has 162 valence electrons. The Kier molecular flexibility index (Phi) is 6.25. The fraction of sp³-hybridized carbons (Fsp3) is 0.583. The molecule has 1 fully saturated rings. The summed E-state index contributed by atoms with van der Waals surface area (Å²) in [4.78, 5) is 17.2. The van der Waals surface area contributed by atoms with E-state index in [0.717, 1.165) is 32.6 Å². The minimum atomic E-state index is 0.183. The number of nitrogens with zero attached hydrogens (tertiary/aromatic N) is 4. The van der Waals surface area contributed by atoms with Crippen molar-refractivity contribution in [2.45, 2.75) is 43.6 Å². The fourth-order valence-corrected chi connectivity index (χ4v) is 5.35. The molecule has 1 N–H and O–H groups in total. The van der Waals surface area contributed by atoms with Gasteiger partial charge in [0, 0.05) is 44.9 Å². The van der Waals surface area contributed by atoms with Crippen LogP contribution < -0.4 is 5.32 Å². The first kappa shape index (κ1) is 21.1. The van der Waals surface area contributed by atoms with Crippen LogP contribution in [0.2, 0.25) is 0 Å². The Morgan fingerprint density at radius 1 is 1.27 bits per heavy atom. The number of benzene rings is 1. The third-order valence-corrected chi connectivity index (χ3v) is 6.90. The smallest absolute Gasteiger partial charge is 0.220 e. The maximum Gasteiger partial charge on any atom is 0.220 e. The lowest BCUT2D eigenvalue weighted by molar-refractivity contribution is -0.121. The zero-order valence-corrected chi connectivity index (χ0v) is 18.6. The molecule has 2 aliphatic rings. The van der Waals surface area contributed by atoms with E-state index < -0.39 is 0 Å². The Balaban J connectivity index is 1.39. The average molecular weight is 410 g/mol. The van der Waals surface area contributed by atoms with Crippen LogP contribution in [0, 0.1) is 0 Å². The van der Waals surface area contributed by atoms with Crippen molar-refractivity contribution in [2.75, 3.05) is 40.3 Å². The van der Waals surface area contributed by atoms with Crippen molar-refractivity contribution in [3.05, 3.63) is 53.3 Å². The number of hydrogen-bond donors (Lipinski definition) is 1. The van der Waals surface area contributed by atoms with Gasteiger partial charge in [-0.25, -0.2) is 0 Å². The second-order valence-electron chi connectivity index (χ2n) is 9.42. The van der Waals surface area contributed by atoms with E-state index in [1.54, 1.807) is 0 Å². The van der Waals surface area contributed by atoms with Crippen LogP contribution in [0.5, 0.6) is 0 Å². The number of hydrogen-bond acceptors (Lipinski definition) is 4. The van der Waals surface area contributed by atoms with Crippen LogP contribution >= 0.6 is 0 Å². The molecule has 1 unspecified atom stereocenters. The molecule has 4 rings (SSSR count). The summed E-state index contributed by atoms with van der Waals surface area (Å²) < 4.78 is 1.88. The molecule has 1 aromatic heterocycles. The molecule has 30 heavy (non-hydrogen) atoms. The first-order valence-corrected chi connectivity index (χ1v) is 11.2. The summed E-state index contributed by atoms with van der Waals surface area (Å²) in [6, 6.07) is 8.87. The number of likely N-dealkylation sites (tertiary alicyclic amines) is 1. The number of aromatic nitrogens is 2. The third-order valence-electron chi connectivity index (χ3n) is 6.90. The van der Waals surface area contributed by atoms with Crippen LogP contribution in [0.15, 0.2) is 36.7 Å². The summed E-state index contributed by atoms with van der Waals surface area (Å²) in [6.07, 6.45) is 8.13. The number of aryl methyl sites for hydroxylation is 1. The number of carbonyl (C=O) groups is 1. The lowest BCUT2D eigenvalue weighted by Gasteiger charge is -2.40. The molecule has 6 nitrogen and oxygen atoms in total. The van der Waals surface area contributed by atoms with Crippen molar-refractivity contribution >= 4 is 5.91 Å². The predicted octanol–water partition coefficient (Wildman–Crippen LogP) is 2.51. The van der Waals surface area contributed by atoms with Crippen molar-refractivity contribution in [3.63, 3.8) is 0 Å². The highest BCUT2D eigenvalue weighted by Gasteiger charge is 2.45. The number of nitrogens with one attached hydrogen (secondary N) is 1. The van der Waals surface area contributed by atoms with Gasteiger partial charge in [0.2, 0.25) is 5.91 Å². The molecule has 2 heterocycles. The van der Waals surface area contributed by atoms with Crippen molar-refractivity contribution in [1.82, 2.24) is 24.9 Å². The molecule has 0 bridgehead atoms. The molecule has 1 aliphatic heterocycles. The minimum Gasteiger partial charge on any atom is -0.355 e. The van der Waals surface area contributed by atoms with E-state index in [-0.39, 0.29) is 11.3 Å². The second-order valence-corrected chi connectivity index (χ2v) is 9.42. The summed E-state index contributed by atoms with van der Waals surface area (Å²) >= 11 is 0. The Morgan fingerprint density at radius 3 is 2.73 bits per heavy atom. The largest absolute Gasteiger partial charge is 0.355 e. The van der Waals surface area contributed by atoms with Crippen LogP contribution in [0.1, 0.15) is 48.3 Å². The van der Waals surface area contributed by atoms with Gasteiger partial charge in [0.1, 0.15) is 0 Å². The number of rotatable bonds is 7. The summed E-state index contributed by atoms with van der Waals surface area (Å²) in [5.41, 5.74) is 4.42. The van der Waals surface area contributed by atoms with E-state index in [1.807, 2.05) is 32.0 Å². The van der Waals surface area contributed by atoms with Gasteiger partial charge in [0.15, 0.2) is 0 Å². The SMILES string of the molecule is CN(C)CCNC(=O)CC1CC2(CCN(Cc3cnn(C)c3)CC2)c2ccccc21. The van der Waals surface area contributed by atoms with Gasteiger partial charge in [-0.3, -0.25) is 14.4 Å². The van der Waals surface area contributed by atoms with Crippen LogP contribution in [-0.2, 0) is 23.8 Å². The molecular formula is C24H35N5O. The van der Waals surface area contributed by atoms with E-state index in [0.29, 0.717) is 18.9 Å². The summed E-state index contributed by atoms with van der Waals surface area (Å²) in [5, 5.41) is 7.40. The second kappa shape index (κ2) is 8.90. The number of carbonyl (C=O) groups excluding carboxylic acids is 1. The lowest BCUT2D eigenvalue weighted by atomic mass is 9.73. The molecule has 1 amide bonds. The minimum absolute atomic E-state index is 0.183. The van der Waals surface area contributed by atoms with E-state index >= 15 is 0 Å². The summed E-state index contributed by atoms with van der Waals surface area (Å²) in [6.45, 7) is 4.78. The van der Waals surface area contributed by atoms with Gasteiger partial charge >= 0.3 is 0 Å². The quantitative estimate of drug-likeness (QED) is 0.764. The first-order chi connectivity index (χ1) is 14.4. The molecule has 1 aliphatic carbocycles. The number of fused-ring (bicyclic) bond motifs is 2. The predicted molar refractivity (Wildman–Crippen MR) is 119 cm³/mol. The maximum absolute atomic E-state index is 12.6. The summed E-state index contributed by atoms with van der Waals surface area (Å²) in [5.74, 6) is 0.521. The third kappa shape index (κ3) is 4.60. The van der Waals surface area contributed by atoms with E-state index in [2.05, 4.69) is 50.7 Å². The van der Waals surface area contributed by atoms with Gasteiger partial charge in [-0.15, -0.1) is 0 Å². The van der Waals surface area contributed by atoms with Crippen molar-refractivity contribution < 1.29 is 4.79 Å². The number of piperidine rings is 1. The molecule has 1 spiro atoms. The Hall–Kier alpha value is -2.18. The highest BCUT2D eigenvalue weighted by molar-refractivity contribution is 5.77. The molecular weight excluding hydrogens is 374 g/mol. The molecule has 1 aromatic carbocycles. The standard InChI is InChI=1S/C24H35N5O/c1-27(2)13-10-25-23(30)14-20-15-24(22-7-5-4-6-21(20)22)8-11-29(12-9-24)18-19-16-26-28(3)17-19/h4-7,16-17,20H,8-15,18H2,1-3H3,(H,25,30). The van der Waals surface area contributed by atoms with Gasteiger partial charge in [-0.1, -0.05) is 24.3 Å². The lowest BCUT2D eigenvalue weighted by Crippen LogP contribution is -2.41. The Labute approximate surface area is 180 Å². The summed E-state index contributed by atoms with van der Waals surface area (Å²) in [7, 11) is 6.04. The van der Waals surface area contributed by atoms with Crippen LogP contribution in [0.3, 0.4) is 0 Å². The van der Waals surface area contributed by atoms with E-state index in [1.165, 1.54) is 29.5 Å². The topological polar surface area (TPSA) is 53.4 Å². The molecule has 1 saturated heterocycles. The molecule has 6 heteroatoms. The van der Waals surface area contributed by atoms with E-state index in [9.17, 15) is 4.79 Å². The van der Waals surface area contributed by atoms with Gasteiger partial charge in [-0.2, -0.15) is 5.10 Å². The normalized spacial score (nSPS) is 20.6. The molecule has 0 radical (unpaired) electrons. The molecule has 2 aromatic rings. The van der Waals surface area contributed by atoms with Gasteiger partial charge in [0.25, 0.3) is 0 Å². The van der Waals surface area contributed by atoms with Crippen LogP contribution in [0.4, 0.5) is 0 Å². The fourth-order valence-electron chi connectivity index (χ4n) is 5.35. The van der Waals surface area contributed by atoms with Gasteiger partial charge < -0.3 is 10.2 Å². The van der Waals surface area contributed by atoms with Crippen molar-refractivity contribution in [2.24, 2.45) is 7.05 Å². The average Bonchev–Trinajstić information content (AvgIpc) is 3.25. The van der Waals surface area contributed by atoms with Gasteiger partial charge in [-0.05, 0) is 68.9 Å². The number of amides is 1. The Morgan fingerprint density at radius 2 is 2.03 bits per heavy atom. The Bertz CT molecular complexity index is 866. The molecule has 1 atom stereocenters. The first-order valence-electron chi connectivity index (χ1n) is 11.2. The van der Waals surface area contributed by atoms with Crippen LogP contribution in [-0.4, -0.2) is 65.8 Å². The maximum atomic E-state index is 12.6. The number of likely N-dealkylation sites (N-methyl/N-ethyl adjacent to an activating group) is 1. The van der Waals surface area contributed by atoms with E-state index in [4.69, 9.17) is 0 Å². The van der Waals surface area contributed by atoms with Crippen LogP contribution in [0.25, 0.3) is 0 Å². The van der Waals surface area contributed by atoms with Gasteiger partial charge in [0.05, 0.1) is 6.20 Å².